The van der Waals surface area contributed by atoms with Crippen molar-refractivity contribution in [3.05, 3.63) is 35.1 Å². The molecular formula is C11H11F2N. The SMILES string of the molecule is Fc1cccc2c1CC1(C2)CN(F)C1. The van der Waals surface area contributed by atoms with Gasteiger partial charge in [0.05, 0.1) is 0 Å². The van der Waals surface area contributed by atoms with E-state index in [-0.39, 0.29) is 11.2 Å². The molecule has 0 radical (unpaired) electrons. The first-order valence-electron chi connectivity index (χ1n) is 4.86. The Balaban J connectivity index is 1.94. The molecule has 0 aromatic heterocycles. The van der Waals surface area contributed by atoms with Crippen LogP contribution in [0.1, 0.15) is 11.1 Å². The van der Waals surface area contributed by atoms with E-state index in [1.54, 1.807) is 6.07 Å². The molecule has 1 nitrogen and oxygen atoms in total. The molecule has 1 aromatic rings. The minimum Gasteiger partial charge on any atom is -0.207 e. The molecular weight excluding hydrogens is 184 g/mol. The van der Waals surface area contributed by atoms with Gasteiger partial charge in [-0.1, -0.05) is 12.1 Å². The topological polar surface area (TPSA) is 3.24 Å². The summed E-state index contributed by atoms with van der Waals surface area (Å²) in [5, 5.41) is 0.809. The molecule has 74 valence electrons. The molecule has 0 amide bonds. The maximum atomic E-state index is 13.4. The number of rotatable bonds is 0. The van der Waals surface area contributed by atoms with Crippen molar-refractivity contribution in [3.63, 3.8) is 0 Å². The molecule has 3 rings (SSSR count). The normalized spacial score (nSPS) is 23.6. The van der Waals surface area contributed by atoms with E-state index in [4.69, 9.17) is 0 Å². The van der Waals surface area contributed by atoms with Crippen molar-refractivity contribution >= 4 is 0 Å². The first-order chi connectivity index (χ1) is 6.69. The van der Waals surface area contributed by atoms with Crippen LogP contribution in [-0.4, -0.2) is 18.2 Å². The fourth-order valence-corrected chi connectivity index (χ4v) is 2.71. The van der Waals surface area contributed by atoms with E-state index in [0.29, 0.717) is 19.5 Å². The highest BCUT2D eigenvalue weighted by molar-refractivity contribution is 5.36. The first kappa shape index (κ1) is 8.36. The average Bonchev–Trinajstić information content (AvgIpc) is 2.44. The second-order valence-corrected chi connectivity index (χ2v) is 4.51. The molecule has 1 spiro atoms. The Morgan fingerprint density at radius 2 is 2.00 bits per heavy atom. The Bertz CT molecular complexity index is 383. The average molecular weight is 195 g/mol. The van der Waals surface area contributed by atoms with Crippen molar-refractivity contribution in [2.75, 3.05) is 13.1 Å². The highest BCUT2D eigenvalue weighted by Gasteiger charge is 2.48. The van der Waals surface area contributed by atoms with Crippen LogP contribution >= 0.6 is 0 Å². The lowest BCUT2D eigenvalue weighted by Crippen LogP contribution is -2.52. The van der Waals surface area contributed by atoms with Crippen molar-refractivity contribution in [3.8, 4) is 0 Å². The molecule has 3 heteroatoms. The number of hydrogen-bond donors (Lipinski definition) is 0. The lowest BCUT2D eigenvalue weighted by atomic mass is 9.79. The summed E-state index contributed by atoms with van der Waals surface area (Å²) in [6.07, 6.45) is 1.54. The molecule has 1 aliphatic heterocycles. The number of benzene rings is 1. The van der Waals surface area contributed by atoms with Crippen molar-refractivity contribution in [2.45, 2.75) is 12.8 Å². The van der Waals surface area contributed by atoms with Gasteiger partial charge in [0.1, 0.15) is 5.82 Å². The van der Waals surface area contributed by atoms with Gasteiger partial charge in [-0.05, 0) is 30.0 Å². The van der Waals surface area contributed by atoms with Gasteiger partial charge in [0.25, 0.3) is 0 Å². The third-order valence-corrected chi connectivity index (χ3v) is 3.35. The van der Waals surface area contributed by atoms with E-state index in [1.807, 2.05) is 6.07 Å². The van der Waals surface area contributed by atoms with Crippen molar-refractivity contribution in [1.29, 1.82) is 0 Å². The summed E-state index contributed by atoms with van der Waals surface area (Å²) in [5.41, 5.74) is 1.87. The van der Waals surface area contributed by atoms with Crippen LogP contribution in [0.4, 0.5) is 8.87 Å². The zero-order valence-corrected chi connectivity index (χ0v) is 7.76. The summed E-state index contributed by atoms with van der Waals surface area (Å²) in [6, 6.07) is 5.18. The Labute approximate surface area is 81.3 Å². The van der Waals surface area contributed by atoms with Gasteiger partial charge in [-0.15, -0.1) is 9.60 Å². The molecule has 0 atom stereocenters. The van der Waals surface area contributed by atoms with Gasteiger partial charge in [-0.2, -0.15) is 0 Å². The molecule has 0 bridgehead atoms. The van der Waals surface area contributed by atoms with Crippen LogP contribution in [-0.2, 0) is 12.8 Å². The van der Waals surface area contributed by atoms with Gasteiger partial charge in [0, 0.05) is 18.5 Å². The van der Waals surface area contributed by atoms with Gasteiger partial charge in [0.15, 0.2) is 0 Å². The molecule has 0 N–H and O–H groups in total. The van der Waals surface area contributed by atoms with Gasteiger partial charge in [-0.25, -0.2) is 4.39 Å². The lowest BCUT2D eigenvalue weighted by molar-refractivity contribution is -0.129. The van der Waals surface area contributed by atoms with Gasteiger partial charge < -0.3 is 0 Å². The van der Waals surface area contributed by atoms with Crippen LogP contribution in [0.15, 0.2) is 18.2 Å². The van der Waals surface area contributed by atoms with E-state index in [1.165, 1.54) is 6.07 Å². The minimum absolute atomic E-state index is 0.000718. The molecule has 1 heterocycles. The fourth-order valence-electron chi connectivity index (χ4n) is 2.71. The number of nitrogens with zero attached hydrogens (tertiary/aromatic N) is 1. The van der Waals surface area contributed by atoms with Crippen molar-refractivity contribution in [1.82, 2.24) is 5.12 Å². The number of hydrogen-bond acceptors (Lipinski definition) is 1. The highest BCUT2D eigenvalue weighted by atomic mass is 19.2. The monoisotopic (exact) mass is 195 g/mol. The number of halogens is 2. The predicted molar refractivity (Wildman–Crippen MR) is 48.9 cm³/mol. The van der Waals surface area contributed by atoms with Gasteiger partial charge in [-0.3, -0.25) is 0 Å². The van der Waals surface area contributed by atoms with E-state index in [0.717, 1.165) is 22.7 Å². The summed E-state index contributed by atoms with van der Waals surface area (Å²) in [7, 11) is 0. The van der Waals surface area contributed by atoms with E-state index in [2.05, 4.69) is 0 Å². The second-order valence-electron chi connectivity index (χ2n) is 4.51. The summed E-state index contributed by atoms with van der Waals surface area (Å²) >= 11 is 0. The van der Waals surface area contributed by atoms with E-state index in [9.17, 15) is 8.87 Å². The van der Waals surface area contributed by atoms with Crippen LogP contribution in [0.3, 0.4) is 0 Å². The maximum Gasteiger partial charge on any atom is 0.126 e. The molecule has 1 aliphatic carbocycles. The van der Waals surface area contributed by atoms with Crippen LogP contribution in [0.2, 0.25) is 0 Å². The fraction of sp³-hybridized carbons (Fsp3) is 0.455. The molecule has 0 saturated carbocycles. The second kappa shape index (κ2) is 2.54. The Kier molecular flexibility index (Phi) is 1.52. The van der Waals surface area contributed by atoms with Crippen LogP contribution < -0.4 is 0 Å². The number of fused-ring (bicyclic) bond motifs is 1. The summed E-state index contributed by atoms with van der Waals surface area (Å²) in [6.45, 7) is 0.919. The molecule has 0 unspecified atom stereocenters. The third kappa shape index (κ3) is 1.02. The third-order valence-electron chi connectivity index (χ3n) is 3.35. The minimum atomic E-state index is -0.128. The Morgan fingerprint density at radius 1 is 1.21 bits per heavy atom. The Morgan fingerprint density at radius 3 is 2.64 bits per heavy atom. The van der Waals surface area contributed by atoms with Gasteiger partial charge >= 0.3 is 0 Å². The van der Waals surface area contributed by atoms with Crippen LogP contribution in [0, 0.1) is 11.2 Å². The molecule has 1 saturated heterocycles. The smallest absolute Gasteiger partial charge is 0.126 e. The van der Waals surface area contributed by atoms with Gasteiger partial charge in [0.2, 0.25) is 0 Å². The van der Waals surface area contributed by atoms with E-state index < -0.39 is 0 Å². The van der Waals surface area contributed by atoms with Crippen molar-refractivity contribution in [2.24, 2.45) is 5.41 Å². The lowest BCUT2D eigenvalue weighted by Gasteiger charge is -2.42. The summed E-state index contributed by atoms with van der Waals surface area (Å²) < 4.78 is 26.1. The summed E-state index contributed by atoms with van der Waals surface area (Å²) in [4.78, 5) is 0. The molecule has 14 heavy (non-hydrogen) atoms. The largest absolute Gasteiger partial charge is 0.207 e. The highest BCUT2D eigenvalue weighted by Crippen LogP contribution is 2.44. The molecule has 1 aromatic carbocycles. The predicted octanol–water partition coefficient (Wildman–Crippen LogP) is 2.11. The summed E-state index contributed by atoms with van der Waals surface area (Å²) in [5.74, 6) is -0.128. The molecule has 2 aliphatic rings. The van der Waals surface area contributed by atoms with E-state index >= 15 is 0 Å². The van der Waals surface area contributed by atoms with Crippen molar-refractivity contribution < 1.29 is 8.87 Å². The molecule has 1 fully saturated rings. The zero-order valence-electron chi connectivity index (χ0n) is 7.76. The zero-order chi connectivity index (χ0) is 9.76. The van der Waals surface area contributed by atoms with Crippen LogP contribution in [0.25, 0.3) is 0 Å². The maximum absolute atomic E-state index is 13.4. The first-order valence-corrected chi connectivity index (χ1v) is 4.86. The Hall–Kier alpha value is -0.960. The van der Waals surface area contributed by atoms with Crippen LogP contribution in [0.5, 0.6) is 0 Å². The standard InChI is InChI=1S/C11H11F2N/c12-10-3-1-2-8-4-11(5-9(8)10)6-14(13)7-11/h1-3H,4-7H2. The quantitative estimate of drug-likeness (QED) is 0.573.